The monoisotopic (exact) mass is 239 g/mol. The summed E-state index contributed by atoms with van der Waals surface area (Å²) >= 11 is 1.95. The zero-order valence-corrected chi connectivity index (χ0v) is 12.3. The van der Waals surface area contributed by atoms with Crippen LogP contribution in [-0.4, -0.2) is 15.6 Å². The van der Waals surface area contributed by atoms with Crippen LogP contribution in [0.15, 0.2) is 18.5 Å². The standard InChI is InChI=1S/C14H25NS/c1-13(2,3)12-7-9-15(11-12)10-8-14(4,5)16-6/h7,9,11H,8,10H2,1-6H3. The number of rotatable bonds is 4. The van der Waals surface area contributed by atoms with Gasteiger partial charge in [0.15, 0.2) is 0 Å². The first-order valence-electron chi connectivity index (χ1n) is 5.96. The molecule has 0 bridgehead atoms. The second-order valence-corrected chi connectivity index (χ2v) is 7.62. The Morgan fingerprint density at radius 2 is 1.81 bits per heavy atom. The molecule has 0 aliphatic carbocycles. The van der Waals surface area contributed by atoms with Crippen molar-refractivity contribution in [1.29, 1.82) is 0 Å². The van der Waals surface area contributed by atoms with Crippen molar-refractivity contribution in [1.82, 2.24) is 4.57 Å². The predicted molar refractivity (Wildman–Crippen MR) is 75.3 cm³/mol. The van der Waals surface area contributed by atoms with Gasteiger partial charge in [-0.3, -0.25) is 0 Å². The number of hydrogen-bond acceptors (Lipinski definition) is 1. The van der Waals surface area contributed by atoms with Gasteiger partial charge in [0.2, 0.25) is 0 Å². The first-order chi connectivity index (χ1) is 7.24. The van der Waals surface area contributed by atoms with Crippen molar-refractivity contribution in [3.63, 3.8) is 0 Å². The molecule has 1 nitrogen and oxygen atoms in total. The summed E-state index contributed by atoms with van der Waals surface area (Å²) in [6.07, 6.45) is 7.90. The van der Waals surface area contributed by atoms with Crippen LogP contribution in [-0.2, 0) is 12.0 Å². The van der Waals surface area contributed by atoms with E-state index < -0.39 is 0 Å². The van der Waals surface area contributed by atoms with Gasteiger partial charge in [-0.1, -0.05) is 34.6 Å². The molecule has 1 rings (SSSR count). The Labute approximate surface area is 105 Å². The highest BCUT2D eigenvalue weighted by molar-refractivity contribution is 7.99. The van der Waals surface area contributed by atoms with Gasteiger partial charge in [-0.05, 0) is 29.7 Å². The molecule has 16 heavy (non-hydrogen) atoms. The average Bonchev–Trinajstić information content (AvgIpc) is 2.63. The van der Waals surface area contributed by atoms with E-state index in [2.05, 4.69) is 63.9 Å². The van der Waals surface area contributed by atoms with Crippen molar-refractivity contribution in [3.8, 4) is 0 Å². The van der Waals surface area contributed by atoms with Gasteiger partial charge >= 0.3 is 0 Å². The minimum absolute atomic E-state index is 0.264. The molecule has 0 N–H and O–H groups in total. The molecule has 2 heteroatoms. The van der Waals surface area contributed by atoms with Crippen molar-refractivity contribution in [2.45, 2.75) is 57.7 Å². The SMILES string of the molecule is CSC(C)(C)CCn1ccc(C(C)(C)C)c1. The Bertz CT molecular complexity index is 331. The summed E-state index contributed by atoms with van der Waals surface area (Å²) in [5.41, 5.74) is 1.69. The van der Waals surface area contributed by atoms with Crippen LogP contribution in [0, 0.1) is 0 Å². The van der Waals surface area contributed by atoms with E-state index in [1.807, 2.05) is 11.8 Å². The maximum atomic E-state index is 2.32. The highest BCUT2D eigenvalue weighted by Gasteiger charge is 2.17. The zero-order valence-electron chi connectivity index (χ0n) is 11.5. The highest BCUT2D eigenvalue weighted by atomic mass is 32.2. The Balaban J connectivity index is 2.60. The van der Waals surface area contributed by atoms with Crippen LogP contribution in [0.2, 0.25) is 0 Å². The summed E-state index contributed by atoms with van der Waals surface area (Å²) in [6, 6.07) is 2.24. The normalized spacial score (nSPS) is 13.1. The Kier molecular flexibility index (Phi) is 4.17. The maximum absolute atomic E-state index is 2.32. The Morgan fingerprint density at radius 1 is 1.19 bits per heavy atom. The molecule has 0 aliphatic rings. The van der Waals surface area contributed by atoms with Crippen molar-refractivity contribution < 1.29 is 0 Å². The van der Waals surface area contributed by atoms with E-state index in [9.17, 15) is 0 Å². The van der Waals surface area contributed by atoms with E-state index in [-0.39, 0.29) is 5.41 Å². The molecule has 1 aromatic rings. The molecule has 0 aliphatic heterocycles. The number of nitrogens with zero attached hydrogens (tertiary/aromatic N) is 1. The van der Waals surface area contributed by atoms with Gasteiger partial charge in [0.05, 0.1) is 0 Å². The largest absolute Gasteiger partial charge is 0.354 e. The molecule has 1 heterocycles. The number of thioether (sulfide) groups is 1. The first-order valence-corrected chi connectivity index (χ1v) is 7.18. The van der Waals surface area contributed by atoms with E-state index >= 15 is 0 Å². The van der Waals surface area contributed by atoms with Gasteiger partial charge in [0.1, 0.15) is 0 Å². The first kappa shape index (κ1) is 13.7. The van der Waals surface area contributed by atoms with Gasteiger partial charge in [-0.2, -0.15) is 11.8 Å². The molecule has 0 aromatic carbocycles. The Morgan fingerprint density at radius 3 is 2.25 bits per heavy atom. The van der Waals surface area contributed by atoms with Crippen molar-refractivity contribution in [3.05, 3.63) is 24.0 Å². The molecule has 0 unspecified atom stereocenters. The molecule has 0 fully saturated rings. The second-order valence-electron chi connectivity index (χ2n) is 6.10. The molecule has 0 amide bonds. The molecule has 0 spiro atoms. The molecular weight excluding hydrogens is 214 g/mol. The topological polar surface area (TPSA) is 4.93 Å². The van der Waals surface area contributed by atoms with E-state index in [1.54, 1.807) is 0 Å². The van der Waals surface area contributed by atoms with Crippen LogP contribution < -0.4 is 0 Å². The zero-order chi connectivity index (χ0) is 12.4. The van der Waals surface area contributed by atoms with Crippen LogP contribution in [0.3, 0.4) is 0 Å². The van der Waals surface area contributed by atoms with Crippen LogP contribution in [0.1, 0.15) is 46.6 Å². The van der Waals surface area contributed by atoms with Gasteiger partial charge < -0.3 is 4.57 Å². The van der Waals surface area contributed by atoms with E-state index in [4.69, 9.17) is 0 Å². The molecular formula is C14H25NS. The summed E-state index contributed by atoms with van der Waals surface area (Å²) in [5, 5.41) is 0. The summed E-state index contributed by atoms with van der Waals surface area (Å²) < 4.78 is 2.70. The fourth-order valence-electron chi connectivity index (χ4n) is 1.52. The summed E-state index contributed by atoms with van der Waals surface area (Å²) in [5.74, 6) is 0. The van der Waals surface area contributed by atoms with Gasteiger partial charge in [0.25, 0.3) is 0 Å². The van der Waals surface area contributed by atoms with E-state index in [0.717, 1.165) is 6.54 Å². The smallest absolute Gasteiger partial charge is 0.0232 e. The lowest BCUT2D eigenvalue weighted by atomic mass is 9.89. The third-order valence-corrected chi connectivity index (χ3v) is 4.45. The lowest BCUT2D eigenvalue weighted by Gasteiger charge is -2.22. The molecule has 0 radical (unpaired) electrons. The van der Waals surface area contributed by atoms with Crippen molar-refractivity contribution in [2.75, 3.05) is 6.26 Å². The van der Waals surface area contributed by atoms with Gasteiger partial charge in [0, 0.05) is 23.7 Å². The van der Waals surface area contributed by atoms with Crippen molar-refractivity contribution in [2.24, 2.45) is 0 Å². The third-order valence-electron chi connectivity index (χ3n) is 3.14. The lowest BCUT2D eigenvalue weighted by Crippen LogP contribution is -2.17. The quantitative estimate of drug-likeness (QED) is 0.757. The fourth-order valence-corrected chi connectivity index (χ4v) is 1.82. The third kappa shape index (κ3) is 3.89. The lowest BCUT2D eigenvalue weighted by molar-refractivity contribution is 0.547. The van der Waals surface area contributed by atoms with E-state index in [0.29, 0.717) is 4.75 Å². The minimum atomic E-state index is 0.264. The second kappa shape index (κ2) is 4.87. The maximum Gasteiger partial charge on any atom is 0.0232 e. The number of hydrogen-bond donors (Lipinski definition) is 0. The highest BCUT2D eigenvalue weighted by Crippen LogP contribution is 2.27. The van der Waals surface area contributed by atoms with Gasteiger partial charge in [-0.25, -0.2) is 0 Å². The molecule has 0 saturated heterocycles. The van der Waals surface area contributed by atoms with Gasteiger partial charge in [-0.15, -0.1) is 0 Å². The van der Waals surface area contributed by atoms with Crippen LogP contribution >= 0.6 is 11.8 Å². The molecule has 0 atom stereocenters. The number of aryl methyl sites for hydroxylation is 1. The minimum Gasteiger partial charge on any atom is -0.354 e. The Hall–Kier alpha value is -0.370. The summed E-state index contributed by atoms with van der Waals surface area (Å²) in [4.78, 5) is 0. The number of aromatic nitrogens is 1. The molecule has 0 saturated carbocycles. The fraction of sp³-hybridized carbons (Fsp3) is 0.714. The van der Waals surface area contributed by atoms with Crippen LogP contribution in [0.4, 0.5) is 0 Å². The van der Waals surface area contributed by atoms with Crippen molar-refractivity contribution >= 4 is 11.8 Å². The van der Waals surface area contributed by atoms with E-state index in [1.165, 1.54) is 12.0 Å². The predicted octanol–water partition coefficient (Wildman–Crippen LogP) is 4.32. The summed E-state index contributed by atoms with van der Waals surface area (Å²) in [6.45, 7) is 12.5. The van der Waals surface area contributed by atoms with Crippen LogP contribution in [0.5, 0.6) is 0 Å². The molecule has 1 aromatic heterocycles. The van der Waals surface area contributed by atoms with Crippen LogP contribution in [0.25, 0.3) is 0 Å². The summed E-state index contributed by atoms with van der Waals surface area (Å²) in [7, 11) is 0. The average molecular weight is 239 g/mol. The molecule has 92 valence electrons.